The van der Waals surface area contributed by atoms with E-state index in [9.17, 15) is 0 Å². The summed E-state index contributed by atoms with van der Waals surface area (Å²) in [5.41, 5.74) is 9.33. The smallest absolute Gasteiger partial charge is 0.0886 e. The third-order valence-electron chi connectivity index (χ3n) is 13.0. The fourth-order valence-electron chi connectivity index (χ4n) is 9.17. The normalized spacial score (nSPS) is 11.6. The maximum absolute atomic E-state index is 4.98. The maximum Gasteiger partial charge on any atom is 0.0886 e. The quantitative estimate of drug-likeness (QED) is 0.0384. The summed E-state index contributed by atoms with van der Waals surface area (Å²) < 4.78 is 0. The van der Waals surface area contributed by atoms with Gasteiger partial charge in [0.2, 0.25) is 0 Å². The van der Waals surface area contributed by atoms with Crippen LogP contribution in [0.2, 0.25) is 0 Å². The van der Waals surface area contributed by atoms with Crippen LogP contribution in [-0.2, 0) is 25.7 Å². The van der Waals surface area contributed by atoms with Gasteiger partial charge in [-0.1, -0.05) is 162 Å². The second-order valence-corrected chi connectivity index (χ2v) is 22.5. The van der Waals surface area contributed by atoms with Crippen LogP contribution in [0.3, 0.4) is 0 Å². The minimum Gasteiger partial charge on any atom is -0.255 e. The van der Waals surface area contributed by atoms with Gasteiger partial charge in [-0.15, -0.1) is 45.3 Å². The number of thiophene rings is 4. The van der Waals surface area contributed by atoms with Crippen molar-refractivity contribution in [3.05, 3.63) is 94.6 Å². The summed E-state index contributed by atoms with van der Waals surface area (Å²) in [6.07, 6.45) is 40.7. The summed E-state index contributed by atoms with van der Waals surface area (Å²) in [6.45, 7) is 9.28. The van der Waals surface area contributed by atoms with Gasteiger partial charge < -0.3 is 0 Å². The Balaban J connectivity index is 1.34. The van der Waals surface area contributed by atoms with Crippen molar-refractivity contribution in [3.63, 3.8) is 0 Å². The fraction of sp³-hybridized carbons (Fsp3) is 0.552. The van der Waals surface area contributed by atoms with Gasteiger partial charge in [-0.3, -0.25) is 9.97 Å². The van der Waals surface area contributed by atoms with E-state index in [0.29, 0.717) is 0 Å². The monoisotopic (exact) mass is 933 g/mol. The summed E-state index contributed by atoms with van der Waals surface area (Å²) in [5, 5.41) is 2.36. The molecule has 0 radical (unpaired) electrons. The van der Waals surface area contributed by atoms with Crippen LogP contribution in [-0.4, -0.2) is 9.97 Å². The molecule has 0 saturated heterocycles. The molecular formula is C58H80N2S4. The van der Waals surface area contributed by atoms with E-state index in [0.717, 1.165) is 24.2 Å². The molecule has 0 atom stereocenters. The van der Waals surface area contributed by atoms with Crippen LogP contribution in [0.5, 0.6) is 0 Å². The van der Waals surface area contributed by atoms with Gasteiger partial charge in [-0.2, -0.15) is 0 Å². The van der Waals surface area contributed by atoms with E-state index in [1.807, 2.05) is 41.0 Å². The van der Waals surface area contributed by atoms with Crippen LogP contribution < -0.4 is 0 Å². The molecule has 6 rings (SSSR count). The SMILES string of the molecule is CCCCCCCCc1cc(-c2sc(-c3sc(-c4sccc4CCCCCCCC)cc3CCCCCCCC)cc2CCCCCCCC)sc1-c1ccc(-c2ccccn2)nc1. The van der Waals surface area contributed by atoms with Gasteiger partial charge in [-0.05, 0) is 128 Å². The van der Waals surface area contributed by atoms with E-state index >= 15 is 0 Å². The molecule has 0 spiro atoms. The topological polar surface area (TPSA) is 25.8 Å². The second kappa shape index (κ2) is 29.0. The van der Waals surface area contributed by atoms with Gasteiger partial charge in [0.1, 0.15) is 0 Å². The molecule has 0 N–H and O–H groups in total. The van der Waals surface area contributed by atoms with Gasteiger partial charge in [0.05, 0.1) is 11.4 Å². The average molecular weight is 934 g/mol. The van der Waals surface area contributed by atoms with Crippen LogP contribution in [0.1, 0.15) is 204 Å². The Morgan fingerprint density at radius 1 is 0.375 bits per heavy atom. The van der Waals surface area contributed by atoms with E-state index in [2.05, 4.69) is 109 Å². The van der Waals surface area contributed by atoms with Crippen LogP contribution in [0.15, 0.2) is 72.4 Å². The maximum atomic E-state index is 4.98. The summed E-state index contributed by atoms with van der Waals surface area (Å²) >= 11 is 8.18. The van der Waals surface area contributed by atoms with Crippen molar-refractivity contribution in [2.75, 3.05) is 0 Å². The van der Waals surface area contributed by atoms with Crippen molar-refractivity contribution < 1.29 is 0 Å². The predicted molar refractivity (Wildman–Crippen MR) is 289 cm³/mol. The minimum absolute atomic E-state index is 0.930. The van der Waals surface area contributed by atoms with E-state index < -0.39 is 0 Å². The van der Waals surface area contributed by atoms with Crippen LogP contribution >= 0.6 is 45.3 Å². The van der Waals surface area contributed by atoms with Crippen molar-refractivity contribution >= 4 is 45.3 Å². The van der Waals surface area contributed by atoms with Gasteiger partial charge in [-0.25, -0.2) is 0 Å². The Kier molecular flexibility index (Phi) is 22.9. The molecular weight excluding hydrogens is 853 g/mol. The zero-order valence-corrected chi connectivity index (χ0v) is 43.5. The molecule has 0 bridgehead atoms. The molecule has 6 heterocycles. The second-order valence-electron chi connectivity index (χ2n) is 18.4. The summed E-state index contributed by atoms with van der Waals surface area (Å²) in [6, 6.07) is 20.8. The lowest BCUT2D eigenvalue weighted by molar-refractivity contribution is 0.608. The number of pyridine rings is 2. The van der Waals surface area contributed by atoms with E-state index in [-0.39, 0.29) is 0 Å². The number of hydrogen-bond donors (Lipinski definition) is 0. The summed E-state index contributed by atoms with van der Waals surface area (Å²) in [4.78, 5) is 20.0. The number of aromatic nitrogens is 2. The molecule has 0 aromatic carbocycles. The number of hydrogen-bond acceptors (Lipinski definition) is 6. The van der Waals surface area contributed by atoms with Gasteiger partial charge in [0.25, 0.3) is 0 Å². The van der Waals surface area contributed by atoms with Crippen molar-refractivity contribution in [3.8, 4) is 51.1 Å². The molecule has 0 fully saturated rings. The molecule has 0 aliphatic rings. The third-order valence-corrected chi connectivity index (χ3v) is 18.1. The molecule has 0 unspecified atom stereocenters. The Morgan fingerprint density at radius 2 is 0.797 bits per heavy atom. The molecule has 2 nitrogen and oxygen atoms in total. The molecule has 64 heavy (non-hydrogen) atoms. The zero-order valence-electron chi connectivity index (χ0n) is 40.3. The van der Waals surface area contributed by atoms with E-state index in [4.69, 9.17) is 4.98 Å². The van der Waals surface area contributed by atoms with Gasteiger partial charge in [0, 0.05) is 52.1 Å². The van der Waals surface area contributed by atoms with Crippen LogP contribution in [0, 0.1) is 0 Å². The van der Waals surface area contributed by atoms with Crippen LogP contribution in [0.25, 0.3) is 51.1 Å². The minimum atomic E-state index is 0.930. The molecule has 6 aromatic rings. The summed E-state index contributed by atoms with van der Waals surface area (Å²) in [5.74, 6) is 0. The van der Waals surface area contributed by atoms with Crippen molar-refractivity contribution in [1.82, 2.24) is 9.97 Å². The Bertz CT molecular complexity index is 2150. The van der Waals surface area contributed by atoms with E-state index in [1.54, 1.807) is 21.6 Å². The Labute approximate surface area is 405 Å². The molecule has 0 amide bonds. The molecule has 6 aromatic heterocycles. The van der Waals surface area contributed by atoms with Crippen LogP contribution in [0.4, 0.5) is 0 Å². The Hall–Kier alpha value is -2.90. The highest BCUT2D eigenvalue weighted by Crippen LogP contribution is 2.50. The third kappa shape index (κ3) is 15.6. The number of aryl methyl sites for hydroxylation is 4. The Morgan fingerprint density at radius 3 is 1.25 bits per heavy atom. The van der Waals surface area contributed by atoms with Crippen molar-refractivity contribution in [2.45, 2.75) is 207 Å². The first-order valence-corrected chi connectivity index (χ1v) is 29.3. The highest BCUT2D eigenvalue weighted by molar-refractivity contribution is 7.29. The van der Waals surface area contributed by atoms with Gasteiger partial charge in [0.15, 0.2) is 0 Å². The van der Waals surface area contributed by atoms with Crippen molar-refractivity contribution in [2.24, 2.45) is 0 Å². The lowest BCUT2D eigenvalue weighted by atomic mass is 10.0. The molecule has 6 heteroatoms. The number of unbranched alkanes of at least 4 members (excludes halogenated alkanes) is 20. The average Bonchev–Trinajstić information content (AvgIpc) is 4.15. The van der Waals surface area contributed by atoms with E-state index in [1.165, 1.54) is 207 Å². The summed E-state index contributed by atoms with van der Waals surface area (Å²) in [7, 11) is 0. The lowest BCUT2D eigenvalue weighted by Crippen LogP contribution is -1.89. The van der Waals surface area contributed by atoms with Crippen molar-refractivity contribution in [1.29, 1.82) is 0 Å². The number of nitrogens with zero attached hydrogens (tertiary/aromatic N) is 2. The molecule has 346 valence electrons. The zero-order chi connectivity index (χ0) is 44.6. The largest absolute Gasteiger partial charge is 0.255 e. The highest BCUT2D eigenvalue weighted by Gasteiger charge is 2.22. The molecule has 0 aliphatic heterocycles. The first-order chi connectivity index (χ1) is 31.6. The first-order valence-electron chi connectivity index (χ1n) is 26.0. The number of rotatable bonds is 33. The molecule has 0 aliphatic carbocycles. The standard InChI is InChI=1S/C58H80N2S4/c1-5-9-13-17-21-25-31-45-38-40-61-56(45)52-42-47(33-27-23-19-15-11-7-3)58(63-52)54-43-48(34-28-24-20-16-12-8-4)57(64-54)53-41-46(32-26-22-18-14-10-6-2)55(62-53)49-36-37-51(60-44-49)50-35-29-30-39-59-50/h29-30,35-44H,5-28,31-34H2,1-4H3. The molecule has 0 saturated carbocycles. The fourth-order valence-corrected chi connectivity index (χ4v) is 14.2. The predicted octanol–water partition coefficient (Wildman–Crippen LogP) is 20.7. The van der Waals surface area contributed by atoms with Gasteiger partial charge >= 0.3 is 0 Å². The first kappa shape index (κ1) is 50.5. The lowest BCUT2D eigenvalue weighted by Gasteiger charge is -2.06. The highest BCUT2D eigenvalue weighted by atomic mass is 32.1.